The predicted molar refractivity (Wildman–Crippen MR) is 72.9 cm³/mol. The van der Waals surface area contributed by atoms with E-state index in [1.54, 1.807) is 25.3 Å². The van der Waals surface area contributed by atoms with E-state index in [0.29, 0.717) is 30.2 Å². The highest BCUT2D eigenvalue weighted by molar-refractivity contribution is 6.35. The van der Waals surface area contributed by atoms with Gasteiger partial charge in [-0.2, -0.15) is 5.26 Å². The van der Waals surface area contributed by atoms with Crippen LogP contribution in [0.3, 0.4) is 0 Å². The number of hydrogen-bond acceptors (Lipinski definition) is 3. The third kappa shape index (κ3) is 2.88. The van der Waals surface area contributed by atoms with Crippen molar-refractivity contribution in [3.8, 4) is 6.07 Å². The minimum atomic E-state index is -0.228. The van der Waals surface area contributed by atoms with Gasteiger partial charge in [0.05, 0.1) is 29.7 Å². The number of aryl methyl sites for hydroxylation is 1. The predicted octanol–water partition coefficient (Wildman–Crippen LogP) is 3.12. The molecule has 0 aliphatic rings. The summed E-state index contributed by atoms with van der Waals surface area (Å²) in [4.78, 5) is 11.3. The number of carbonyl (C=O) groups is 1. The Morgan fingerprint density at radius 1 is 1.53 bits per heavy atom. The van der Waals surface area contributed by atoms with Crippen LogP contribution in [0.1, 0.15) is 18.9 Å². The van der Waals surface area contributed by atoms with Crippen LogP contribution in [0, 0.1) is 11.3 Å². The van der Waals surface area contributed by atoms with E-state index in [2.05, 4.69) is 6.07 Å². The van der Waals surface area contributed by atoms with Crippen molar-refractivity contribution in [3.63, 3.8) is 0 Å². The van der Waals surface area contributed by atoms with Crippen LogP contribution in [0.2, 0.25) is 5.02 Å². The molecule has 0 saturated heterocycles. The third-order valence-corrected chi connectivity index (χ3v) is 3.12. The molecular formula is C14H13ClN2O2. The molecule has 0 unspecified atom stereocenters. The maximum atomic E-state index is 11.3. The van der Waals surface area contributed by atoms with E-state index in [4.69, 9.17) is 21.6 Å². The van der Waals surface area contributed by atoms with E-state index >= 15 is 0 Å². The van der Waals surface area contributed by atoms with Crippen LogP contribution >= 0.6 is 11.6 Å². The first-order chi connectivity index (χ1) is 9.15. The van der Waals surface area contributed by atoms with E-state index in [-0.39, 0.29) is 5.97 Å². The van der Waals surface area contributed by atoms with Crippen LogP contribution < -0.4 is 0 Å². The Morgan fingerprint density at radius 3 is 3.00 bits per heavy atom. The zero-order valence-electron chi connectivity index (χ0n) is 10.5. The Labute approximate surface area is 116 Å². The number of nitrogens with zero attached hydrogens (tertiary/aromatic N) is 2. The minimum Gasteiger partial charge on any atom is -0.466 e. The summed E-state index contributed by atoms with van der Waals surface area (Å²) in [5, 5.41) is 10.3. The lowest BCUT2D eigenvalue weighted by Gasteiger charge is -2.05. The van der Waals surface area contributed by atoms with E-state index in [0.717, 1.165) is 10.9 Å². The zero-order chi connectivity index (χ0) is 13.8. The molecule has 0 atom stereocenters. The Balaban J connectivity index is 2.25. The summed E-state index contributed by atoms with van der Waals surface area (Å²) in [6.45, 7) is 2.68. The van der Waals surface area contributed by atoms with Crippen LogP contribution in [0.15, 0.2) is 24.4 Å². The Bertz CT molecular complexity index is 655. The van der Waals surface area contributed by atoms with Gasteiger partial charge in [-0.15, -0.1) is 0 Å². The Morgan fingerprint density at radius 2 is 2.32 bits per heavy atom. The van der Waals surface area contributed by atoms with E-state index < -0.39 is 0 Å². The fraction of sp³-hybridized carbons (Fsp3) is 0.286. The first kappa shape index (κ1) is 13.4. The molecule has 4 nitrogen and oxygen atoms in total. The van der Waals surface area contributed by atoms with Crippen molar-refractivity contribution in [2.45, 2.75) is 19.9 Å². The maximum absolute atomic E-state index is 11.3. The van der Waals surface area contributed by atoms with Crippen LogP contribution in [0.4, 0.5) is 0 Å². The summed E-state index contributed by atoms with van der Waals surface area (Å²) in [5.41, 5.74) is 1.48. The Hall–Kier alpha value is -1.99. The molecule has 5 heteroatoms. The number of aromatic nitrogens is 1. The van der Waals surface area contributed by atoms with Crippen molar-refractivity contribution < 1.29 is 9.53 Å². The fourth-order valence-corrected chi connectivity index (χ4v) is 2.22. The van der Waals surface area contributed by atoms with Crippen molar-refractivity contribution in [1.82, 2.24) is 4.57 Å². The number of ether oxygens (including phenoxy) is 1. The molecule has 0 aliphatic carbocycles. The molecule has 98 valence electrons. The summed E-state index contributed by atoms with van der Waals surface area (Å²) in [6.07, 6.45) is 2.07. The Kier molecular flexibility index (Phi) is 4.08. The first-order valence-corrected chi connectivity index (χ1v) is 6.37. The molecule has 0 saturated carbocycles. The molecule has 2 rings (SSSR count). The van der Waals surface area contributed by atoms with Gasteiger partial charge in [0.2, 0.25) is 0 Å². The van der Waals surface area contributed by atoms with Gasteiger partial charge in [-0.25, -0.2) is 0 Å². The average Bonchev–Trinajstić information content (AvgIpc) is 2.73. The van der Waals surface area contributed by atoms with Crippen molar-refractivity contribution in [1.29, 1.82) is 5.26 Å². The largest absolute Gasteiger partial charge is 0.466 e. The first-order valence-electron chi connectivity index (χ1n) is 5.99. The molecule has 2 aromatic rings. The molecule has 1 aromatic carbocycles. The molecule has 1 aromatic heterocycles. The SMILES string of the molecule is CCOC(=O)CCn1cc(Cl)c2cc(C#N)ccc21. The molecule has 0 radical (unpaired) electrons. The number of rotatable bonds is 4. The normalized spacial score (nSPS) is 10.4. The highest BCUT2D eigenvalue weighted by Gasteiger charge is 2.09. The second-order valence-corrected chi connectivity index (χ2v) is 4.48. The van der Waals surface area contributed by atoms with Gasteiger partial charge in [0.15, 0.2) is 0 Å². The summed E-state index contributed by atoms with van der Waals surface area (Å²) < 4.78 is 6.79. The van der Waals surface area contributed by atoms with E-state index in [1.165, 1.54) is 0 Å². The second-order valence-electron chi connectivity index (χ2n) is 4.07. The number of hydrogen-bond donors (Lipinski definition) is 0. The fourth-order valence-electron chi connectivity index (χ4n) is 1.95. The lowest BCUT2D eigenvalue weighted by Crippen LogP contribution is -2.08. The van der Waals surface area contributed by atoms with Crippen molar-refractivity contribution in [2.24, 2.45) is 0 Å². The molecule has 0 fully saturated rings. The summed E-state index contributed by atoms with van der Waals surface area (Å²) in [7, 11) is 0. The summed E-state index contributed by atoms with van der Waals surface area (Å²) in [5.74, 6) is -0.228. The van der Waals surface area contributed by atoms with Gasteiger partial charge in [-0.05, 0) is 25.1 Å². The van der Waals surface area contributed by atoms with E-state index in [1.807, 2.05) is 10.6 Å². The molecule has 0 aliphatic heterocycles. The maximum Gasteiger partial charge on any atom is 0.307 e. The van der Waals surface area contributed by atoms with Gasteiger partial charge in [-0.3, -0.25) is 4.79 Å². The van der Waals surface area contributed by atoms with Crippen LogP contribution in [-0.2, 0) is 16.1 Å². The minimum absolute atomic E-state index is 0.228. The molecule has 0 N–H and O–H groups in total. The number of carbonyl (C=O) groups excluding carboxylic acids is 1. The quantitative estimate of drug-likeness (QED) is 0.806. The summed E-state index contributed by atoms with van der Waals surface area (Å²) in [6, 6.07) is 7.40. The highest BCUT2D eigenvalue weighted by Crippen LogP contribution is 2.27. The van der Waals surface area contributed by atoms with Crippen LogP contribution in [0.25, 0.3) is 10.9 Å². The lowest BCUT2D eigenvalue weighted by atomic mass is 10.2. The molecule has 19 heavy (non-hydrogen) atoms. The highest BCUT2D eigenvalue weighted by atomic mass is 35.5. The van der Waals surface area contributed by atoms with Crippen molar-refractivity contribution in [2.75, 3.05) is 6.61 Å². The van der Waals surface area contributed by atoms with Crippen LogP contribution in [-0.4, -0.2) is 17.1 Å². The molecule has 0 spiro atoms. The standard InChI is InChI=1S/C14H13ClN2O2/c1-2-19-14(18)5-6-17-9-12(15)11-7-10(8-16)3-4-13(11)17/h3-4,7,9H,2,5-6H2,1H3. The molecular weight excluding hydrogens is 264 g/mol. The van der Waals surface area contributed by atoms with Gasteiger partial charge in [0.1, 0.15) is 0 Å². The molecule has 0 bridgehead atoms. The molecule has 0 amide bonds. The van der Waals surface area contributed by atoms with Gasteiger partial charge in [-0.1, -0.05) is 11.6 Å². The number of fused-ring (bicyclic) bond motifs is 1. The van der Waals surface area contributed by atoms with Crippen molar-refractivity contribution in [3.05, 3.63) is 35.0 Å². The smallest absolute Gasteiger partial charge is 0.307 e. The number of esters is 1. The lowest BCUT2D eigenvalue weighted by molar-refractivity contribution is -0.143. The van der Waals surface area contributed by atoms with Crippen molar-refractivity contribution >= 4 is 28.5 Å². The van der Waals surface area contributed by atoms with Gasteiger partial charge < -0.3 is 9.30 Å². The number of halogens is 1. The number of nitriles is 1. The number of benzene rings is 1. The monoisotopic (exact) mass is 276 g/mol. The topological polar surface area (TPSA) is 55.0 Å². The summed E-state index contributed by atoms with van der Waals surface area (Å²) >= 11 is 6.14. The third-order valence-electron chi connectivity index (χ3n) is 2.82. The average molecular weight is 277 g/mol. The van der Waals surface area contributed by atoms with E-state index in [9.17, 15) is 4.79 Å². The second kappa shape index (κ2) is 5.77. The van der Waals surface area contributed by atoms with Crippen LogP contribution in [0.5, 0.6) is 0 Å². The van der Waals surface area contributed by atoms with Gasteiger partial charge >= 0.3 is 5.97 Å². The zero-order valence-corrected chi connectivity index (χ0v) is 11.3. The van der Waals surface area contributed by atoms with Gasteiger partial charge in [0.25, 0.3) is 0 Å². The van der Waals surface area contributed by atoms with Gasteiger partial charge in [0, 0.05) is 23.6 Å². The molecule has 1 heterocycles.